The summed E-state index contributed by atoms with van der Waals surface area (Å²) in [6, 6.07) is 12.1. The van der Waals surface area contributed by atoms with Crippen LogP contribution in [0.25, 0.3) is 0 Å². The third-order valence-corrected chi connectivity index (χ3v) is 4.25. The molecule has 0 amide bonds. The Morgan fingerprint density at radius 1 is 1.26 bits per heavy atom. The van der Waals surface area contributed by atoms with Gasteiger partial charge in [-0.3, -0.25) is 4.90 Å². The lowest BCUT2D eigenvalue weighted by Gasteiger charge is -2.43. The van der Waals surface area contributed by atoms with E-state index in [2.05, 4.69) is 68.2 Å². The van der Waals surface area contributed by atoms with Crippen molar-refractivity contribution in [2.45, 2.75) is 46.2 Å². The Labute approximate surface area is 118 Å². The topological polar surface area (TPSA) is 15.3 Å². The Morgan fingerprint density at radius 3 is 2.58 bits per heavy atom. The van der Waals surface area contributed by atoms with Crippen molar-refractivity contribution < 1.29 is 0 Å². The van der Waals surface area contributed by atoms with Gasteiger partial charge in [-0.25, -0.2) is 0 Å². The van der Waals surface area contributed by atoms with Crippen molar-refractivity contribution in [3.05, 3.63) is 35.9 Å². The number of rotatable bonds is 3. The first-order valence-corrected chi connectivity index (χ1v) is 7.48. The number of nitrogens with one attached hydrogen (secondary N) is 1. The maximum Gasteiger partial charge on any atom is 0.0244 e. The summed E-state index contributed by atoms with van der Waals surface area (Å²) in [5.41, 5.74) is 1.78. The summed E-state index contributed by atoms with van der Waals surface area (Å²) in [7, 11) is 0. The number of benzene rings is 1. The first-order valence-electron chi connectivity index (χ1n) is 7.48. The van der Waals surface area contributed by atoms with Crippen molar-refractivity contribution in [1.82, 2.24) is 10.2 Å². The van der Waals surface area contributed by atoms with Crippen molar-refractivity contribution >= 4 is 0 Å². The van der Waals surface area contributed by atoms with Crippen LogP contribution < -0.4 is 5.32 Å². The highest BCUT2D eigenvalue weighted by atomic mass is 15.2. The van der Waals surface area contributed by atoms with Crippen LogP contribution in [-0.4, -0.2) is 36.6 Å². The van der Waals surface area contributed by atoms with Gasteiger partial charge in [0.15, 0.2) is 0 Å². The average Bonchev–Trinajstić information content (AvgIpc) is 2.39. The highest BCUT2D eigenvalue weighted by Gasteiger charge is 2.30. The summed E-state index contributed by atoms with van der Waals surface area (Å²) in [4.78, 5) is 2.64. The van der Waals surface area contributed by atoms with E-state index in [1.54, 1.807) is 0 Å². The third-order valence-electron chi connectivity index (χ3n) is 4.25. The van der Waals surface area contributed by atoms with E-state index in [1.807, 2.05) is 0 Å². The van der Waals surface area contributed by atoms with E-state index in [0.29, 0.717) is 17.5 Å². The van der Waals surface area contributed by atoms with E-state index >= 15 is 0 Å². The van der Waals surface area contributed by atoms with Crippen molar-refractivity contribution in [2.75, 3.05) is 19.6 Å². The maximum absolute atomic E-state index is 3.67. The zero-order chi connectivity index (χ0) is 13.9. The van der Waals surface area contributed by atoms with Gasteiger partial charge in [0.05, 0.1) is 0 Å². The van der Waals surface area contributed by atoms with Crippen LogP contribution in [0.1, 0.15) is 33.3 Å². The van der Waals surface area contributed by atoms with Gasteiger partial charge in [-0.1, -0.05) is 51.1 Å². The van der Waals surface area contributed by atoms with E-state index in [9.17, 15) is 0 Å². The summed E-state index contributed by atoms with van der Waals surface area (Å²) in [6.07, 6.45) is 1.15. The molecule has 2 rings (SSSR count). The first kappa shape index (κ1) is 14.5. The Kier molecular flexibility index (Phi) is 4.64. The molecule has 0 radical (unpaired) electrons. The second-order valence-electron chi connectivity index (χ2n) is 6.91. The molecule has 1 saturated heterocycles. The van der Waals surface area contributed by atoms with Crippen molar-refractivity contribution in [3.63, 3.8) is 0 Å². The molecule has 1 N–H and O–H groups in total. The zero-order valence-corrected chi connectivity index (χ0v) is 12.8. The predicted octanol–water partition coefficient (Wildman–Crippen LogP) is 2.94. The molecule has 1 heterocycles. The largest absolute Gasteiger partial charge is 0.311 e. The fraction of sp³-hybridized carbons (Fsp3) is 0.647. The SMILES string of the molecule is CC(Cc1ccccc1)N1CCNC(C(C)(C)C)C1. The van der Waals surface area contributed by atoms with Gasteiger partial charge in [0.25, 0.3) is 0 Å². The second kappa shape index (κ2) is 6.06. The molecule has 2 unspecified atom stereocenters. The normalized spacial score (nSPS) is 23.3. The van der Waals surface area contributed by atoms with E-state index in [-0.39, 0.29) is 0 Å². The molecule has 1 aromatic rings. The molecule has 0 bridgehead atoms. The van der Waals surface area contributed by atoms with Crippen LogP contribution in [0.3, 0.4) is 0 Å². The number of piperazine rings is 1. The lowest BCUT2D eigenvalue weighted by atomic mass is 9.85. The molecule has 0 spiro atoms. The molecule has 2 atom stereocenters. The summed E-state index contributed by atoms with van der Waals surface area (Å²) in [6.45, 7) is 12.8. The Morgan fingerprint density at radius 2 is 1.95 bits per heavy atom. The van der Waals surface area contributed by atoms with Crippen LogP contribution in [0.4, 0.5) is 0 Å². The Bertz CT molecular complexity index is 380. The molecular weight excluding hydrogens is 232 g/mol. The fourth-order valence-corrected chi connectivity index (χ4v) is 2.84. The second-order valence-corrected chi connectivity index (χ2v) is 6.91. The standard InChI is InChI=1S/C17H28N2/c1-14(12-15-8-6-5-7-9-15)19-11-10-18-16(13-19)17(2,3)4/h5-9,14,16,18H,10-13H2,1-4H3. The molecule has 0 aliphatic carbocycles. The van der Waals surface area contributed by atoms with Crippen LogP contribution in [0, 0.1) is 5.41 Å². The molecular formula is C17H28N2. The van der Waals surface area contributed by atoms with Crippen LogP contribution >= 0.6 is 0 Å². The van der Waals surface area contributed by atoms with Crippen molar-refractivity contribution in [1.29, 1.82) is 0 Å². The average molecular weight is 260 g/mol. The molecule has 1 aliphatic rings. The van der Waals surface area contributed by atoms with Gasteiger partial charge in [0, 0.05) is 31.7 Å². The third kappa shape index (κ3) is 4.05. The van der Waals surface area contributed by atoms with Crippen molar-refractivity contribution in [2.24, 2.45) is 5.41 Å². The van der Waals surface area contributed by atoms with E-state index < -0.39 is 0 Å². The predicted molar refractivity (Wildman–Crippen MR) is 82.4 cm³/mol. The molecule has 2 heteroatoms. The maximum atomic E-state index is 3.67. The molecule has 2 nitrogen and oxygen atoms in total. The Balaban J connectivity index is 1.94. The van der Waals surface area contributed by atoms with Crippen LogP contribution in [0.5, 0.6) is 0 Å². The molecule has 106 valence electrons. The van der Waals surface area contributed by atoms with Crippen molar-refractivity contribution in [3.8, 4) is 0 Å². The van der Waals surface area contributed by atoms with E-state index in [0.717, 1.165) is 19.5 Å². The van der Waals surface area contributed by atoms with Gasteiger partial charge in [0.1, 0.15) is 0 Å². The fourth-order valence-electron chi connectivity index (χ4n) is 2.84. The summed E-state index contributed by atoms with van der Waals surface area (Å²) in [5.74, 6) is 0. The first-order chi connectivity index (χ1) is 8.97. The lowest BCUT2D eigenvalue weighted by Crippen LogP contribution is -2.58. The lowest BCUT2D eigenvalue weighted by molar-refractivity contribution is 0.104. The minimum absolute atomic E-state index is 0.338. The van der Waals surface area contributed by atoms with Crippen LogP contribution in [0.15, 0.2) is 30.3 Å². The summed E-state index contributed by atoms with van der Waals surface area (Å²) < 4.78 is 0. The van der Waals surface area contributed by atoms with Gasteiger partial charge in [-0.05, 0) is 24.3 Å². The monoisotopic (exact) mass is 260 g/mol. The van der Waals surface area contributed by atoms with Gasteiger partial charge in [-0.15, -0.1) is 0 Å². The molecule has 1 aliphatic heterocycles. The minimum Gasteiger partial charge on any atom is -0.311 e. The number of nitrogens with zero attached hydrogens (tertiary/aromatic N) is 1. The van der Waals surface area contributed by atoms with E-state index in [4.69, 9.17) is 0 Å². The molecule has 0 saturated carbocycles. The van der Waals surface area contributed by atoms with Gasteiger partial charge < -0.3 is 5.32 Å². The number of hydrogen-bond donors (Lipinski definition) is 1. The summed E-state index contributed by atoms with van der Waals surface area (Å²) >= 11 is 0. The Hall–Kier alpha value is -0.860. The number of hydrogen-bond acceptors (Lipinski definition) is 2. The highest BCUT2D eigenvalue weighted by molar-refractivity contribution is 5.15. The van der Waals surface area contributed by atoms with Crippen LogP contribution in [0.2, 0.25) is 0 Å². The van der Waals surface area contributed by atoms with Gasteiger partial charge in [0.2, 0.25) is 0 Å². The molecule has 0 aromatic heterocycles. The van der Waals surface area contributed by atoms with Gasteiger partial charge >= 0.3 is 0 Å². The smallest absolute Gasteiger partial charge is 0.0244 e. The quantitative estimate of drug-likeness (QED) is 0.899. The van der Waals surface area contributed by atoms with Gasteiger partial charge in [-0.2, -0.15) is 0 Å². The molecule has 1 aromatic carbocycles. The van der Waals surface area contributed by atoms with Crippen LogP contribution in [-0.2, 0) is 6.42 Å². The zero-order valence-electron chi connectivity index (χ0n) is 12.8. The minimum atomic E-state index is 0.338. The summed E-state index contributed by atoms with van der Waals surface area (Å²) in [5, 5.41) is 3.67. The molecule has 1 fully saturated rings. The highest BCUT2D eigenvalue weighted by Crippen LogP contribution is 2.23. The molecule has 19 heavy (non-hydrogen) atoms. The van der Waals surface area contributed by atoms with E-state index in [1.165, 1.54) is 12.1 Å².